The Morgan fingerprint density at radius 1 is 1.19 bits per heavy atom. The highest BCUT2D eigenvalue weighted by molar-refractivity contribution is 5.79. The number of nitrogens with zero attached hydrogens (tertiary/aromatic N) is 1. The van der Waals surface area contributed by atoms with Crippen LogP contribution in [0.5, 0.6) is 11.6 Å². The molecular weight excluding hydrogens is 332 g/mol. The van der Waals surface area contributed by atoms with Crippen molar-refractivity contribution in [1.82, 2.24) is 10.3 Å². The Kier molecular flexibility index (Phi) is 5.73. The van der Waals surface area contributed by atoms with Crippen molar-refractivity contribution in [3.05, 3.63) is 53.7 Å². The number of methoxy groups -OCH3 is 2. The van der Waals surface area contributed by atoms with Crippen molar-refractivity contribution in [1.29, 1.82) is 0 Å². The minimum Gasteiger partial charge on any atom is -0.497 e. The Labute approximate surface area is 153 Å². The van der Waals surface area contributed by atoms with Crippen LogP contribution in [0.3, 0.4) is 0 Å². The first-order valence-corrected chi connectivity index (χ1v) is 8.69. The van der Waals surface area contributed by atoms with Crippen molar-refractivity contribution in [3.8, 4) is 11.6 Å². The zero-order chi connectivity index (χ0) is 18.5. The first kappa shape index (κ1) is 18.2. The summed E-state index contributed by atoms with van der Waals surface area (Å²) in [5.41, 5.74) is 1.84. The lowest BCUT2D eigenvalue weighted by Crippen LogP contribution is -2.41. The normalized spacial score (nSPS) is 20.0. The molecule has 1 atom stereocenters. The standard InChI is InChI=1S/C20H24N2O4/c1-25-17-6-3-13(4-7-17)9-18(24)22-20(15-10-16(23)11-15)14-5-8-19(26-2)21-12-14/h3-8,12,15-16,20,23H,9-11H2,1-2H3,(H,22,24). The zero-order valence-corrected chi connectivity index (χ0v) is 15.0. The smallest absolute Gasteiger partial charge is 0.224 e. The Hall–Kier alpha value is -2.60. The van der Waals surface area contributed by atoms with Crippen LogP contribution in [0.25, 0.3) is 0 Å². The quantitative estimate of drug-likeness (QED) is 0.795. The van der Waals surface area contributed by atoms with Crippen molar-refractivity contribution < 1.29 is 19.4 Å². The summed E-state index contributed by atoms with van der Waals surface area (Å²) in [7, 11) is 3.18. The lowest BCUT2D eigenvalue weighted by Gasteiger charge is -2.38. The van der Waals surface area contributed by atoms with Gasteiger partial charge in [0.25, 0.3) is 0 Å². The summed E-state index contributed by atoms with van der Waals surface area (Å²) in [4.78, 5) is 16.8. The van der Waals surface area contributed by atoms with Gasteiger partial charge in [-0.15, -0.1) is 0 Å². The van der Waals surface area contributed by atoms with Crippen molar-refractivity contribution in [2.45, 2.75) is 31.4 Å². The molecule has 0 spiro atoms. The number of aliphatic hydroxyl groups excluding tert-OH is 1. The molecule has 0 aliphatic heterocycles. The number of benzene rings is 1. The number of pyridine rings is 1. The maximum absolute atomic E-state index is 12.5. The van der Waals surface area contributed by atoms with Crippen LogP contribution in [0.15, 0.2) is 42.6 Å². The molecular formula is C20H24N2O4. The summed E-state index contributed by atoms with van der Waals surface area (Å²) in [6.45, 7) is 0. The van der Waals surface area contributed by atoms with E-state index in [9.17, 15) is 9.90 Å². The van der Waals surface area contributed by atoms with Gasteiger partial charge in [-0.25, -0.2) is 4.98 Å². The monoisotopic (exact) mass is 356 g/mol. The maximum atomic E-state index is 12.5. The molecule has 6 heteroatoms. The molecule has 1 aliphatic rings. The van der Waals surface area contributed by atoms with Crippen LogP contribution in [-0.4, -0.2) is 36.3 Å². The van der Waals surface area contributed by atoms with Gasteiger partial charge in [0, 0.05) is 12.3 Å². The summed E-state index contributed by atoms with van der Waals surface area (Å²) < 4.78 is 10.2. The number of nitrogens with one attached hydrogen (secondary N) is 1. The second-order valence-electron chi connectivity index (χ2n) is 6.59. The van der Waals surface area contributed by atoms with E-state index in [1.165, 1.54) is 0 Å². The van der Waals surface area contributed by atoms with E-state index in [1.807, 2.05) is 30.3 Å². The number of amides is 1. The molecule has 1 saturated carbocycles. The number of hydrogen-bond donors (Lipinski definition) is 2. The SMILES string of the molecule is COc1ccc(CC(=O)NC(c2ccc(OC)nc2)C2CC(O)C2)cc1. The van der Waals surface area contributed by atoms with Crippen molar-refractivity contribution in [2.24, 2.45) is 5.92 Å². The number of ether oxygens (including phenoxy) is 2. The van der Waals surface area contributed by atoms with Gasteiger partial charge in [0.15, 0.2) is 0 Å². The minimum atomic E-state index is -0.285. The van der Waals surface area contributed by atoms with Crippen LogP contribution >= 0.6 is 0 Å². The average Bonchev–Trinajstić information content (AvgIpc) is 2.64. The zero-order valence-electron chi connectivity index (χ0n) is 15.0. The summed E-state index contributed by atoms with van der Waals surface area (Å²) >= 11 is 0. The topological polar surface area (TPSA) is 80.7 Å². The minimum absolute atomic E-state index is 0.0580. The summed E-state index contributed by atoms with van der Waals surface area (Å²) in [6, 6.07) is 11.0. The molecule has 1 aromatic heterocycles. The Morgan fingerprint density at radius 3 is 2.46 bits per heavy atom. The third-order valence-corrected chi connectivity index (χ3v) is 4.79. The van der Waals surface area contributed by atoms with Gasteiger partial charge in [-0.2, -0.15) is 0 Å². The van der Waals surface area contributed by atoms with E-state index in [0.717, 1.165) is 16.9 Å². The highest BCUT2D eigenvalue weighted by Gasteiger charge is 2.35. The number of aliphatic hydroxyl groups is 1. The highest BCUT2D eigenvalue weighted by atomic mass is 16.5. The van der Waals surface area contributed by atoms with E-state index in [0.29, 0.717) is 25.1 Å². The van der Waals surface area contributed by atoms with Gasteiger partial charge in [0.1, 0.15) is 5.75 Å². The second-order valence-corrected chi connectivity index (χ2v) is 6.59. The van der Waals surface area contributed by atoms with Crippen molar-refractivity contribution >= 4 is 5.91 Å². The van der Waals surface area contributed by atoms with Gasteiger partial charge < -0.3 is 19.9 Å². The van der Waals surface area contributed by atoms with Crippen molar-refractivity contribution in [2.75, 3.05) is 14.2 Å². The van der Waals surface area contributed by atoms with E-state index in [4.69, 9.17) is 9.47 Å². The van der Waals surface area contributed by atoms with E-state index < -0.39 is 0 Å². The van der Waals surface area contributed by atoms with Gasteiger partial charge in [-0.3, -0.25) is 4.79 Å². The fourth-order valence-corrected chi connectivity index (χ4v) is 3.23. The molecule has 1 unspecified atom stereocenters. The lowest BCUT2D eigenvalue weighted by molar-refractivity contribution is -0.122. The van der Waals surface area contributed by atoms with E-state index in [-0.39, 0.29) is 24.0 Å². The number of carbonyl (C=O) groups excluding carboxylic acids is 1. The van der Waals surface area contributed by atoms with E-state index in [2.05, 4.69) is 10.3 Å². The van der Waals surface area contributed by atoms with Crippen LogP contribution in [0, 0.1) is 5.92 Å². The molecule has 26 heavy (non-hydrogen) atoms. The number of carbonyl (C=O) groups is 1. The molecule has 2 N–H and O–H groups in total. The van der Waals surface area contributed by atoms with Gasteiger partial charge in [0.2, 0.25) is 11.8 Å². The molecule has 1 amide bonds. The van der Waals surface area contributed by atoms with Crippen LogP contribution < -0.4 is 14.8 Å². The lowest BCUT2D eigenvalue weighted by atomic mass is 9.75. The molecule has 1 fully saturated rings. The molecule has 1 heterocycles. The van der Waals surface area contributed by atoms with Crippen molar-refractivity contribution in [3.63, 3.8) is 0 Å². The molecule has 1 aliphatic carbocycles. The van der Waals surface area contributed by atoms with Gasteiger partial charge in [-0.1, -0.05) is 18.2 Å². The predicted octanol–water partition coefficient (Wildman–Crippen LogP) is 2.27. The fraction of sp³-hybridized carbons (Fsp3) is 0.400. The first-order valence-electron chi connectivity index (χ1n) is 8.69. The van der Waals surface area contributed by atoms with Gasteiger partial charge in [-0.05, 0) is 42.0 Å². The molecule has 6 nitrogen and oxygen atoms in total. The molecule has 138 valence electrons. The molecule has 0 bridgehead atoms. The average molecular weight is 356 g/mol. The fourth-order valence-electron chi connectivity index (χ4n) is 3.23. The van der Waals surface area contributed by atoms with E-state index in [1.54, 1.807) is 26.5 Å². The maximum Gasteiger partial charge on any atom is 0.224 e. The summed E-state index contributed by atoms with van der Waals surface area (Å²) in [5.74, 6) is 1.45. The first-order chi connectivity index (χ1) is 12.6. The highest BCUT2D eigenvalue weighted by Crippen LogP contribution is 2.38. The van der Waals surface area contributed by atoms with Crippen LogP contribution in [0.4, 0.5) is 0 Å². The van der Waals surface area contributed by atoms with Crippen LogP contribution in [-0.2, 0) is 11.2 Å². The number of hydrogen-bond acceptors (Lipinski definition) is 5. The summed E-state index contributed by atoms with van der Waals surface area (Å²) in [6.07, 6.45) is 3.09. The Balaban J connectivity index is 1.68. The Bertz CT molecular complexity index is 724. The van der Waals surface area contributed by atoms with Crippen LogP contribution in [0.2, 0.25) is 0 Å². The number of rotatable bonds is 7. The van der Waals surface area contributed by atoms with E-state index >= 15 is 0 Å². The molecule has 0 saturated heterocycles. The summed E-state index contributed by atoms with van der Waals surface area (Å²) in [5, 5.41) is 12.8. The van der Waals surface area contributed by atoms with Crippen LogP contribution in [0.1, 0.15) is 30.0 Å². The van der Waals surface area contributed by atoms with Gasteiger partial charge >= 0.3 is 0 Å². The predicted molar refractivity (Wildman–Crippen MR) is 97.1 cm³/mol. The van der Waals surface area contributed by atoms with Gasteiger partial charge in [0.05, 0.1) is 32.8 Å². The largest absolute Gasteiger partial charge is 0.497 e. The number of aromatic nitrogens is 1. The second kappa shape index (κ2) is 8.19. The molecule has 1 aromatic carbocycles. The third kappa shape index (κ3) is 4.32. The molecule has 3 rings (SSSR count). The Morgan fingerprint density at radius 2 is 1.92 bits per heavy atom. The molecule has 0 radical (unpaired) electrons. The molecule has 2 aromatic rings. The third-order valence-electron chi connectivity index (χ3n) is 4.79.